The second-order valence-corrected chi connectivity index (χ2v) is 7.43. The van der Waals surface area contributed by atoms with E-state index in [2.05, 4.69) is 5.32 Å². The molecule has 150 valence electrons. The van der Waals surface area contributed by atoms with E-state index in [1.807, 2.05) is 60.7 Å². The largest absolute Gasteiger partial charge is 0.466 e. The number of primary amides is 1. The molecule has 2 bridgehead atoms. The number of para-hydroxylation sites is 1. The number of carbonyl (C=O) groups excluding carboxylic acids is 2. The number of ether oxygens (including phenoxy) is 2. The number of carbonyl (C=O) groups is 2. The summed E-state index contributed by atoms with van der Waals surface area (Å²) in [6.45, 7) is 0. The molecule has 2 aromatic carbocycles. The molecular weight excluding hydrogens is 368 g/mol. The first-order chi connectivity index (χ1) is 14.0. The first-order valence-electron chi connectivity index (χ1n) is 9.71. The van der Waals surface area contributed by atoms with Crippen LogP contribution in [0.1, 0.15) is 18.4 Å². The molecule has 2 aliphatic rings. The fourth-order valence-corrected chi connectivity index (χ4v) is 4.51. The summed E-state index contributed by atoms with van der Waals surface area (Å²) in [7, 11) is 1.31. The molecule has 0 saturated carbocycles. The minimum absolute atomic E-state index is 0.246. The number of fused-ring (bicyclic) bond motifs is 2. The normalized spacial score (nSPS) is 23.7. The van der Waals surface area contributed by atoms with Crippen LogP contribution in [0.4, 0.5) is 5.69 Å². The molecule has 0 aromatic heterocycles. The molecule has 29 heavy (non-hydrogen) atoms. The minimum Gasteiger partial charge on any atom is -0.466 e. The molecule has 2 heterocycles. The van der Waals surface area contributed by atoms with Crippen molar-refractivity contribution in [2.24, 2.45) is 5.73 Å². The van der Waals surface area contributed by atoms with Crippen molar-refractivity contribution in [2.75, 3.05) is 12.4 Å². The molecule has 0 radical (unpaired) electrons. The Morgan fingerprint density at radius 3 is 2.45 bits per heavy atom. The predicted molar refractivity (Wildman–Crippen MR) is 109 cm³/mol. The van der Waals surface area contributed by atoms with Gasteiger partial charge in [0.15, 0.2) is 0 Å². The Labute approximate surface area is 169 Å². The van der Waals surface area contributed by atoms with E-state index in [1.165, 1.54) is 7.11 Å². The number of esters is 1. The zero-order valence-electron chi connectivity index (χ0n) is 16.3. The number of amides is 1. The van der Waals surface area contributed by atoms with Crippen LogP contribution in [0.25, 0.3) is 0 Å². The van der Waals surface area contributed by atoms with Crippen LogP contribution in [-0.2, 0) is 25.5 Å². The van der Waals surface area contributed by atoms with E-state index in [0.717, 1.165) is 11.3 Å². The molecule has 2 aromatic rings. The molecule has 3 unspecified atom stereocenters. The highest BCUT2D eigenvalue weighted by Crippen LogP contribution is 2.51. The van der Waals surface area contributed by atoms with E-state index in [0.29, 0.717) is 19.3 Å². The number of hydrogen-bond donors (Lipinski definition) is 2. The summed E-state index contributed by atoms with van der Waals surface area (Å²) in [6.07, 6.45) is 1.38. The van der Waals surface area contributed by atoms with Crippen LogP contribution in [0.15, 0.2) is 71.8 Å². The summed E-state index contributed by atoms with van der Waals surface area (Å²) < 4.78 is 11.4. The summed E-state index contributed by atoms with van der Waals surface area (Å²) in [5.74, 6) is -1.19. The molecule has 0 spiro atoms. The van der Waals surface area contributed by atoms with Crippen LogP contribution in [0.2, 0.25) is 0 Å². The van der Waals surface area contributed by atoms with Crippen molar-refractivity contribution in [1.82, 2.24) is 0 Å². The first kappa shape index (κ1) is 19.2. The Hall–Kier alpha value is -3.12. The molecule has 3 atom stereocenters. The van der Waals surface area contributed by atoms with Crippen LogP contribution in [0.3, 0.4) is 0 Å². The van der Waals surface area contributed by atoms with Crippen molar-refractivity contribution < 1.29 is 19.1 Å². The summed E-state index contributed by atoms with van der Waals surface area (Å²) in [5.41, 5.74) is 7.16. The predicted octanol–water partition coefficient (Wildman–Crippen LogP) is 2.60. The summed E-state index contributed by atoms with van der Waals surface area (Å²) in [6, 6.07) is 19.5. The third-order valence-electron chi connectivity index (χ3n) is 5.76. The van der Waals surface area contributed by atoms with Gasteiger partial charge >= 0.3 is 5.97 Å². The number of methoxy groups -OCH3 is 1. The summed E-state index contributed by atoms with van der Waals surface area (Å²) in [5, 5.41) is 3.54. The SMILES string of the molecule is COC(=O)C1=C(C(N)=O)C2CCC1(C(Cc1ccccc1)Nc1ccccc1)O2. The van der Waals surface area contributed by atoms with Gasteiger partial charge in [0.25, 0.3) is 0 Å². The van der Waals surface area contributed by atoms with Gasteiger partial charge in [0.2, 0.25) is 5.91 Å². The molecule has 1 fully saturated rings. The topological polar surface area (TPSA) is 90.7 Å². The molecule has 1 amide bonds. The second-order valence-electron chi connectivity index (χ2n) is 7.43. The lowest BCUT2D eigenvalue weighted by Crippen LogP contribution is -2.50. The van der Waals surface area contributed by atoms with E-state index in [4.69, 9.17) is 15.2 Å². The maximum atomic E-state index is 12.7. The van der Waals surface area contributed by atoms with E-state index in [-0.39, 0.29) is 17.2 Å². The Balaban J connectivity index is 1.79. The Morgan fingerprint density at radius 1 is 1.17 bits per heavy atom. The molecule has 4 rings (SSSR count). The number of hydrogen-bond acceptors (Lipinski definition) is 5. The smallest absolute Gasteiger partial charge is 0.337 e. The maximum absolute atomic E-state index is 12.7. The third kappa shape index (κ3) is 3.40. The van der Waals surface area contributed by atoms with Gasteiger partial charge in [0, 0.05) is 5.69 Å². The maximum Gasteiger partial charge on any atom is 0.337 e. The Kier molecular flexibility index (Phi) is 5.11. The third-order valence-corrected chi connectivity index (χ3v) is 5.76. The van der Waals surface area contributed by atoms with E-state index in [9.17, 15) is 9.59 Å². The van der Waals surface area contributed by atoms with Gasteiger partial charge in [-0.25, -0.2) is 4.79 Å². The Morgan fingerprint density at radius 2 is 1.83 bits per heavy atom. The lowest BCUT2D eigenvalue weighted by molar-refractivity contribution is -0.138. The number of rotatable bonds is 7. The number of benzene rings is 2. The van der Waals surface area contributed by atoms with Crippen molar-refractivity contribution in [3.8, 4) is 0 Å². The van der Waals surface area contributed by atoms with Crippen molar-refractivity contribution in [3.63, 3.8) is 0 Å². The monoisotopic (exact) mass is 392 g/mol. The molecule has 6 heteroatoms. The number of nitrogens with two attached hydrogens (primary N) is 1. The standard InChI is InChI=1S/C23H24N2O4/c1-28-22(27)20-19(21(24)26)17-12-13-23(20,29-17)18(14-15-8-4-2-5-9-15)25-16-10-6-3-7-11-16/h2-11,17-18,25H,12-14H2,1H3,(H2,24,26). The summed E-state index contributed by atoms with van der Waals surface area (Å²) >= 11 is 0. The molecular formula is C23H24N2O4. The molecule has 3 N–H and O–H groups in total. The van der Waals surface area contributed by atoms with E-state index < -0.39 is 23.6 Å². The van der Waals surface area contributed by atoms with Gasteiger partial charge in [-0.1, -0.05) is 48.5 Å². The van der Waals surface area contributed by atoms with E-state index >= 15 is 0 Å². The fraction of sp³-hybridized carbons (Fsp3) is 0.304. The molecule has 2 aliphatic heterocycles. The second kappa shape index (κ2) is 7.72. The molecule has 6 nitrogen and oxygen atoms in total. The number of anilines is 1. The van der Waals surface area contributed by atoms with Crippen LogP contribution in [0, 0.1) is 0 Å². The fourth-order valence-electron chi connectivity index (χ4n) is 4.51. The van der Waals surface area contributed by atoms with E-state index in [1.54, 1.807) is 0 Å². The van der Waals surface area contributed by atoms with Gasteiger partial charge in [-0.05, 0) is 37.0 Å². The van der Waals surface area contributed by atoms with Gasteiger partial charge in [0.05, 0.1) is 30.4 Å². The first-order valence-corrected chi connectivity index (χ1v) is 9.71. The highest BCUT2D eigenvalue weighted by atomic mass is 16.5. The summed E-state index contributed by atoms with van der Waals surface area (Å²) in [4.78, 5) is 24.9. The lowest BCUT2D eigenvalue weighted by atomic mass is 9.75. The van der Waals surface area contributed by atoms with Crippen LogP contribution in [0.5, 0.6) is 0 Å². The van der Waals surface area contributed by atoms with Crippen molar-refractivity contribution >= 4 is 17.6 Å². The zero-order chi connectivity index (χ0) is 20.4. The highest BCUT2D eigenvalue weighted by molar-refractivity contribution is 6.05. The van der Waals surface area contributed by atoms with Gasteiger partial charge in [-0.2, -0.15) is 0 Å². The van der Waals surface area contributed by atoms with Crippen LogP contribution in [-0.4, -0.2) is 36.7 Å². The average Bonchev–Trinajstić information content (AvgIpc) is 3.32. The Bertz CT molecular complexity index is 900. The lowest BCUT2D eigenvalue weighted by Gasteiger charge is -2.37. The quantitative estimate of drug-likeness (QED) is 0.707. The molecule has 1 saturated heterocycles. The van der Waals surface area contributed by atoms with Crippen molar-refractivity contribution in [1.29, 1.82) is 0 Å². The highest BCUT2D eigenvalue weighted by Gasteiger charge is 2.60. The van der Waals surface area contributed by atoms with Crippen molar-refractivity contribution in [3.05, 3.63) is 77.4 Å². The van der Waals surface area contributed by atoms with Crippen LogP contribution < -0.4 is 11.1 Å². The zero-order valence-corrected chi connectivity index (χ0v) is 16.3. The van der Waals surface area contributed by atoms with Gasteiger partial charge in [-0.15, -0.1) is 0 Å². The minimum atomic E-state index is -0.978. The molecule has 0 aliphatic carbocycles. The average molecular weight is 392 g/mol. The van der Waals surface area contributed by atoms with Gasteiger partial charge in [-0.3, -0.25) is 4.79 Å². The van der Waals surface area contributed by atoms with Crippen LogP contribution >= 0.6 is 0 Å². The number of nitrogens with one attached hydrogen (secondary N) is 1. The van der Waals surface area contributed by atoms with Gasteiger partial charge in [0.1, 0.15) is 5.60 Å². The van der Waals surface area contributed by atoms with Crippen molar-refractivity contribution in [2.45, 2.75) is 37.0 Å². The van der Waals surface area contributed by atoms with Gasteiger partial charge < -0.3 is 20.5 Å².